The average Bonchev–Trinajstić information content (AvgIpc) is 3.01. The molecule has 25 heavy (non-hydrogen) atoms. The van der Waals surface area contributed by atoms with Crippen molar-refractivity contribution in [3.8, 4) is 11.5 Å². The molecule has 128 valence electrons. The summed E-state index contributed by atoms with van der Waals surface area (Å²) >= 11 is 0. The van der Waals surface area contributed by atoms with Crippen molar-refractivity contribution in [2.24, 2.45) is 0 Å². The number of pyridine rings is 1. The lowest BCUT2D eigenvalue weighted by atomic mass is 10.2. The molecule has 2 aromatic heterocycles. The zero-order chi connectivity index (χ0) is 17.4. The van der Waals surface area contributed by atoms with Gasteiger partial charge in [0.15, 0.2) is 17.6 Å². The molecule has 1 aliphatic heterocycles. The fourth-order valence-electron chi connectivity index (χ4n) is 2.94. The first-order chi connectivity index (χ1) is 12.1. The van der Waals surface area contributed by atoms with E-state index in [2.05, 4.69) is 4.98 Å². The van der Waals surface area contributed by atoms with Crippen molar-refractivity contribution in [1.29, 1.82) is 0 Å². The van der Waals surface area contributed by atoms with Crippen LogP contribution in [-0.2, 0) is 0 Å². The predicted octanol–water partition coefficient (Wildman–Crippen LogP) is 2.52. The van der Waals surface area contributed by atoms with Crippen LogP contribution >= 0.6 is 0 Å². The SMILES string of the molecule is CN(C[C@H]1COc2ccccc2O1)c1nc2ccccn2c1[N+](=O)[O-]. The zero-order valence-electron chi connectivity index (χ0n) is 13.5. The standard InChI is InChI=1S/C17H16N4O4/c1-19(10-12-11-24-13-6-2-3-7-14(13)25-12)16-17(21(22)23)20-9-5-4-8-15(20)18-16/h2-9,12H,10-11H2,1H3/t12-/m0/s1. The number of fused-ring (bicyclic) bond motifs is 2. The third-order valence-corrected chi connectivity index (χ3v) is 4.07. The number of hydrogen-bond donors (Lipinski definition) is 0. The van der Waals surface area contributed by atoms with Crippen molar-refractivity contribution < 1.29 is 14.4 Å². The molecule has 3 heterocycles. The van der Waals surface area contributed by atoms with Gasteiger partial charge in [0.25, 0.3) is 0 Å². The molecule has 1 aliphatic rings. The van der Waals surface area contributed by atoms with Crippen LogP contribution in [0.15, 0.2) is 48.7 Å². The molecule has 4 rings (SSSR count). The second-order valence-corrected chi connectivity index (χ2v) is 5.82. The van der Waals surface area contributed by atoms with Gasteiger partial charge in [-0.05, 0) is 23.1 Å². The van der Waals surface area contributed by atoms with E-state index in [9.17, 15) is 10.1 Å². The fraction of sp³-hybridized carbons (Fsp3) is 0.235. The summed E-state index contributed by atoms with van der Waals surface area (Å²) in [6.07, 6.45) is 1.39. The van der Waals surface area contributed by atoms with E-state index in [0.29, 0.717) is 36.1 Å². The Balaban J connectivity index is 1.60. The van der Waals surface area contributed by atoms with Gasteiger partial charge in [-0.25, -0.2) is 0 Å². The van der Waals surface area contributed by atoms with Gasteiger partial charge >= 0.3 is 5.82 Å². The number of ether oxygens (including phenoxy) is 2. The number of nitrogens with zero attached hydrogens (tertiary/aromatic N) is 4. The Labute approximate surface area is 143 Å². The molecule has 3 aromatic rings. The van der Waals surface area contributed by atoms with E-state index >= 15 is 0 Å². The normalized spacial score (nSPS) is 16.0. The lowest BCUT2D eigenvalue weighted by Crippen LogP contribution is -2.39. The Morgan fingerprint density at radius 3 is 2.84 bits per heavy atom. The summed E-state index contributed by atoms with van der Waals surface area (Å²) in [6, 6.07) is 12.7. The summed E-state index contributed by atoms with van der Waals surface area (Å²) in [6.45, 7) is 0.793. The van der Waals surface area contributed by atoms with Crippen molar-refractivity contribution in [2.45, 2.75) is 6.10 Å². The highest BCUT2D eigenvalue weighted by Crippen LogP contribution is 2.32. The molecule has 1 aromatic carbocycles. The van der Waals surface area contributed by atoms with E-state index in [-0.39, 0.29) is 11.9 Å². The molecule has 8 heteroatoms. The topological polar surface area (TPSA) is 82.1 Å². The van der Waals surface area contributed by atoms with E-state index in [4.69, 9.17) is 9.47 Å². The second-order valence-electron chi connectivity index (χ2n) is 5.82. The first-order valence-electron chi connectivity index (χ1n) is 7.84. The molecule has 0 spiro atoms. The Bertz CT molecular complexity index is 939. The first kappa shape index (κ1) is 15.3. The van der Waals surface area contributed by atoms with E-state index in [1.807, 2.05) is 24.3 Å². The average molecular weight is 340 g/mol. The zero-order valence-corrected chi connectivity index (χ0v) is 13.5. The van der Waals surface area contributed by atoms with Gasteiger partial charge in [-0.15, -0.1) is 0 Å². The lowest BCUT2D eigenvalue weighted by molar-refractivity contribution is -0.389. The van der Waals surface area contributed by atoms with Gasteiger partial charge in [-0.2, -0.15) is 9.38 Å². The van der Waals surface area contributed by atoms with Gasteiger partial charge in [0.05, 0.1) is 12.7 Å². The molecule has 8 nitrogen and oxygen atoms in total. The van der Waals surface area contributed by atoms with Crippen LogP contribution in [0.3, 0.4) is 0 Å². The molecule has 1 atom stereocenters. The van der Waals surface area contributed by atoms with Crippen molar-refractivity contribution in [3.63, 3.8) is 0 Å². The van der Waals surface area contributed by atoms with Crippen LogP contribution < -0.4 is 14.4 Å². The van der Waals surface area contributed by atoms with E-state index in [1.165, 1.54) is 4.40 Å². The summed E-state index contributed by atoms with van der Waals surface area (Å²) in [7, 11) is 1.76. The molecule has 0 aliphatic carbocycles. The molecule has 0 saturated heterocycles. The maximum Gasteiger partial charge on any atom is 0.372 e. The maximum atomic E-state index is 11.5. The van der Waals surface area contributed by atoms with E-state index in [1.54, 1.807) is 36.3 Å². The van der Waals surface area contributed by atoms with Crippen LogP contribution in [0.5, 0.6) is 11.5 Å². The van der Waals surface area contributed by atoms with Crippen LogP contribution in [0.4, 0.5) is 11.6 Å². The van der Waals surface area contributed by atoms with Crippen LogP contribution in [0.25, 0.3) is 5.65 Å². The number of likely N-dealkylation sites (N-methyl/N-ethyl adjacent to an activating group) is 1. The fourth-order valence-corrected chi connectivity index (χ4v) is 2.94. The maximum absolute atomic E-state index is 11.5. The van der Waals surface area contributed by atoms with E-state index in [0.717, 1.165) is 0 Å². The van der Waals surface area contributed by atoms with E-state index < -0.39 is 4.92 Å². The van der Waals surface area contributed by atoms with Gasteiger partial charge in [0.1, 0.15) is 6.61 Å². The highest BCUT2D eigenvalue weighted by atomic mass is 16.6. The van der Waals surface area contributed by atoms with Crippen LogP contribution in [-0.4, -0.2) is 40.6 Å². The molecular weight excluding hydrogens is 324 g/mol. The Hall–Kier alpha value is -3.29. The molecule has 0 fully saturated rings. The summed E-state index contributed by atoms with van der Waals surface area (Å²) < 4.78 is 13.1. The van der Waals surface area contributed by atoms with Gasteiger partial charge in [-0.3, -0.25) is 0 Å². The number of benzene rings is 1. The molecule has 0 saturated carbocycles. The van der Waals surface area contributed by atoms with Crippen LogP contribution in [0.1, 0.15) is 0 Å². The highest BCUT2D eigenvalue weighted by Gasteiger charge is 2.28. The number of nitro groups is 1. The van der Waals surface area contributed by atoms with Crippen LogP contribution in [0.2, 0.25) is 0 Å². The number of hydrogen-bond acceptors (Lipinski definition) is 6. The largest absolute Gasteiger partial charge is 0.486 e. The molecule has 0 unspecified atom stereocenters. The monoisotopic (exact) mass is 340 g/mol. The van der Waals surface area contributed by atoms with Gasteiger partial charge in [-0.1, -0.05) is 18.2 Å². The van der Waals surface area contributed by atoms with Crippen molar-refractivity contribution >= 4 is 17.3 Å². The highest BCUT2D eigenvalue weighted by molar-refractivity contribution is 5.63. The van der Waals surface area contributed by atoms with Gasteiger partial charge in [0, 0.05) is 13.1 Å². The Kier molecular flexibility index (Phi) is 3.64. The number of rotatable bonds is 4. The molecular formula is C17H16N4O4. The molecule has 0 bridgehead atoms. The quantitative estimate of drug-likeness (QED) is 0.536. The minimum absolute atomic E-state index is 0.0600. The summed E-state index contributed by atoms with van der Waals surface area (Å²) in [5.74, 6) is 1.63. The third kappa shape index (κ3) is 2.71. The summed E-state index contributed by atoms with van der Waals surface area (Å²) in [5.41, 5.74) is 0.530. The van der Waals surface area contributed by atoms with Crippen LogP contribution in [0, 0.1) is 10.1 Å². The summed E-state index contributed by atoms with van der Waals surface area (Å²) in [5, 5.41) is 11.5. The smallest absolute Gasteiger partial charge is 0.372 e. The minimum Gasteiger partial charge on any atom is -0.486 e. The second kappa shape index (κ2) is 5.97. The molecule has 0 N–H and O–H groups in total. The number of imidazole rings is 1. The third-order valence-electron chi connectivity index (χ3n) is 4.07. The van der Waals surface area contributed by atoms with Crippen molar-refractivity contribution in [1.82, 2.24) is 9.38 Å². The predicted molar refractivity (Wildman–Crippen MR) is 91.5 cm³/mol. The Morgan fingerprint density at radius 1 is 1.28 bits per heavy atom. The summed E-state index contributed by atoms with van der Waals surface area (Å²) in [4.78, 5) is 17.2. The number of para-hydroxylation sites is 2. The molecule has 0 radical (unpaired) electrons. The van der Waals surface area contributed by atoms with Gasteiger partial charge < -0.3 is 24.5 Å². The van der Waals surface area contributed by atoms with Crippen molar-refractivity contribution in [2.75, 3.05) is 25.1 Å². The van der Waals surface area contributed by atoms with Gasteiger partial charge in [0.2, 0.25) is 11.5 Å². The minimum atomic E-state index is -0.417. The number of anilines is 1. The molecule has 0 amide bonds. The lowest BCUT2D eigenvalue weighted by Gasteiger charge is -2.29. The first-order valence-corrected chi connectivity index (χ1v) is 7.84. The Morgan fingerprint density at radius 2 is 2.04 bits per heavy atom. The van der Waals surface area contributed by atoms with Crippen molar-refractivity contribution in [3.05, 3.63) is 58.8 Å². The number of aromatic nitrogens is 2.